The van der Waals surface area contributed by atoms with Crippen molar-refractivity contribution in [3.63, 3.8) is 0 Å². The molecule has 14 heteroatoms. The molecule has 0 saturated carbocycles. The largest absolute Gasteiger partial charge is 0.480 e. The summed E-state index contributed by atoms with van der Waals surface area (Å²) in [4.78, 5) is 66.3. The minimum atomic E-state index is -1.55. The molecule has 1 rings (SSSR count). The predicted molar refractivity (Wildman–Crippen MR) is 109 cm³/mol. The molecule has 4 amide bonds. The molecule has 0 spiro atoms. The monoisotopic (exact) mass is 455 g/mol. The summed E-state index contributed by atoms with van der Waals surface area (Å²) < 4.78 is 0. The fourth-order valence-electron chi connectivity index (χ4n) is 2.59. The van der Waals surface area contributed by atoms with Crippen LogP contribution in [0.15, 0.2) is 12.5 Å². The highest BCUT2D eigenvalue weighted by Crippen LogP contribution is 2.04. The first-order valence-corrected chi connectivity index (χ1v) is 9.75. The number of carboxylic acids is 1. The van der Waals surface area contributed by atoms with Gasteiger partial charge >= 0.3 is 5.97 Å². The van der Waals surface area contributed by atoms with E-state index in [1.54, 1.807) is 0 Å². The summed E-state index contributed by atoms with van der Waals surface area (Å²) in [6.07, 6.45) is 0.813. The van der Waals surface area contributed by atoms with Gasteiger partial charge in [0.05, 0.1) is 18.5 Å². The van der Waals surface area contributed by atoms with Crippen molar-refractivity contribution in [3.05, 3.63) is 18.2 Å². The van der Waals surface area contributed by atoms with E-state index in [1.807, 2.05) is 0 Å². The van der Waals surface area contributed by atoms with Crippen LogP contribution in [0, 0.1) is 0 Å². The average molecular weight is 455 g/mol. The number of rotatable bonds is 13. The zero-order valence-corrected chi connectivity index (χ0v) is 17.7. The lowest BCUT2D eigenvalue weighted by molar-refractivity contribution is -0.143. The van der Waals surface area contributed by atoms with Crippen molar-refractivity contribution in [2.75, 3.05) is 0 Å². The third-order valence-electron chi connectivity index (χ3n) is 4.38. The maximum absolute atomic E-state index is 12.8. The maximum atomic E-state index is 12.8. The van der Waals surface area contributed by atoms with Crippen LogP contribution in [0.5, 0.6) is 0 Å². The van der Waals surface area contributed by atoms with Gasteiger partial charge in [0.2, 0.25) is 23.6 Å². The van der Waals surface area contributed by atoms with Gasteiger partial charge in [0.25, 0.3) is 0 Å². The molecular weight excluding hydrogens is 426 g/mol. The van der Waals surface area contributed by atoms with Gasteiger partial charge in [0.1, 0.15) is 18.1 Å². The molecule has 0 aliphatic carbocycles. The molecule has 5 unspecified atom stereocenters. The number of carbonyl (C=O) groups excluding carboxylic acids is 4. The van der Waals surface area contributed by atoms with Crippen molar-refractivity contribution < 1.29 is 34.2 Å². The van der Waals surface area contributed by atoms with Gasteiger partial charge in [-0.3, -0.25) is 19.2 Å². The summed E-state index contributed by atoms with van der Waals surface area (Å²) in [7, 11) is 0. The average Bonchev–Trinajstić information content (AvgIpc) is 3.20. The van der Waals surface area contributed by atoms with E-state index in [1.165, 1.54) is 26.4 Å². The van der Waals surface area contributed by atoms with Gasteiger partial charge in [-0.1, -0.05) is 0 Å². The van der Waals surface area contributed by atoms with E-state index in [2.05, 4.69) is 25.9 Å². The molecule has 0 saturated heterocycles. The van der Waals surface area contributed by atoms with Crippen molar-refractivity contribution in [2.24, 2.45) is 11.5 Å². The molecule has 178 valence electrons. The molecule has 5 atom stereocenters. The maximum Gasteiger partial charge on any atom is 0.326 e. The Kier molecular flexibility index (Phi) is 10.2. The Labute approximate surface area is 183 Å². The van der Waals surface area contributed by atoms with Gasteiger partial charge in [-0.05, 0) is 20.3 Å². The molecule has 0 fully saturated rings. The van der Waals surface area contributed by atoms with Crippen LogP contribution in [-0.2, 0) is 30.4 Å². The van der Waals surface area contributed by atoms with Gasteiger partial charge < -0.3 is 42.6 Å². The Morgan fingerprint density at radius 2 is 1.69 bits per heavy atom. The normalized spacial score (nSPS) is 15.5. The highest BCUT2D eigenvalue weighted by atomic mass is 16.4. The van der Waals surface area contributed by atoms with Gasteiger partial charge in [0.15, 0.2) is 0 Å². The summed E-state index contributed by atoms with van der Waals surface area (Å²) >= 11 is 0. The predicted octanol–water partition coefficient (Wildman–Crippen LogP) is -3.52. The van der Waals surface area contributed by atoms with Gasteiger partial charge in [0, 0.05) is 24.7 Å². The Balaban J connectivity index is 2.96. The summed E-state index contributed by atoms with van der Waals surface area (Å²) in [6, 6.07) is -5.10. The van der Waals surface area contributed by atoms with E-state index in [0.29, 0.717) is 5.69 Å². The van der Waals surface area contributed by atoms with Crippen molar-refractivity contribution in [3.8, 4) is 0 Å². The minimum Gasteiger partial charge on any atom is -0.480 e. The first-order valence-electron chi connectivity index (χ1n) is 9.75. The van der Waals surface area contributed by atoms with Crippen LogP contribution in [0.4, 0.5) is 0 Å². The minimum absolute atomic E-state index is 0.0190. The summed E-state index contributed by atoms with van der Waals surface area (Å²) in [6.45, 7) is 2.64. The number of nitrogens with two attached hydrogens (primary N) is 2. The second-order valence-electron chi connectivity index (χ2n) is 7.26. The molecule has 10 N–H and O–H groups in total. The fourth-order valence-corrected chi connectivity index (χ4v) is 2.59. The van der Waals surface area contributed by atoms with Crippen molar-refractivity contribution in [2.45, 2.75) is 63.4 Å². The van der Waals surface area contributed by atoms with Crippen molar-refractivity contribution >= 4 is 29.6 Å². The number of nitrogens with zero attached hydrogens (tertiary/aromatic N) is 1. The quantitative estimate of drug-likeness (QED) is 0.147. The van der Waals surface area contributed by atoms with Gasteiger partial charge in [-0.25, -0.2) is 9.78 Å². The number of aliphatic hydroxyl groups is 1. The molecule has 32 heavy (non-hydrogen) atoms. The van der Waals surface area contributed by atoms with Crippen LogP contribution in [-0.4, -0.2) is 80.1 Å². The molecule has 0 aliphatic heterocycles. The number of hydrogen-bond acceptors (Lipinski definition) is 8. The Morgan fingerprint density at radius 3 is 2.16 bits per heavy atom. The Bertz CT molecular complexity index is 811. The van der Waals surface area contributed by atoms with E-state index in [4.69, 9.17) is 11.5 Å². The first kappa shape index (κ1) is 26.5. The van der Waals surface area contributed by atoms with Crippen LogP contribution in [0.3, 0.4) is 0 Å². The third kappa shape index (κ3) is 8.69. The van der Waals surface area contributed by atoms with E-state index in [-0.39, 0.29) is 19.3 Å². The fraction of sp³-hybridized carbons (Fsp3) is 0.556. The number of primary amides is 1. The van der Waals surface area contributed by atoms with E-state index >= 15 is 0 Å². The SMILES string of the molecule is CC(N)C(=O)NC(Cc1cnc[nH]1)C(=O)NC(C(=O)NC(CCC(N)=O)C(=O)O)C(C)O. The number of aromatic amines is 1. The molecule has 14 nitrogen and oxygen atoms in total. The lowest BCUT2D eigenvalue weighted by Crippen LogP contribution is -2.60. The van der Waals surface area contributed by atoms with Crippen molar-refractivity contribution in [1.82, 2.24) is 25.9 Å². The number of carbonyl (C=O) groups is 5. The van der Waals surface area contributed by atoms with Gasteiger partial charge in [-0.15, -0.1) is 0 Å². The van der Waals surface area contributed by atoms with E-state index in [0.717, 1.165) is 0 Å². The molecular formula is C18H29N7O7. The lowest BCUT2D eigenvalue weighted by Gasteiger charge is -2.26. The Morgan fingerprint density at radius 1 is 1.06 bits per heavy atom. The third-order valence-corrected chi connectivity index (χ3v) is 4.38. The second-order valence-corrected chi connectivity index (χ2v) is 7.26. The molecule has 1 heterocycles. The van der Waals surface area contributed by atoms with Crippen LogP contribution in [0.2, 0.25) is 0 Å². The summed E-state index contributed by atoms with van der Waals surface area (Å²) in [5.41, 5.74) is 11.0. The number of H-pyrrole nitrogens is 1. The number of aliphatic hydroxyl groups excluding tert-OH is 1. The molecule has 1 aromatic heterocycles. The molecule has 0 radical (unpaired) electrons. The number of nitrogens with one attached hydrogen (secondary N) is 4. The van der Waals surface area contributed by atoms with Crippen molar-refractivity contribution in [1.29, 1.82) is 0 Å². The number of hydrogen-bond donors (Lipinski definition) is 8. The highest BCUT2D eigenvalue weighted by Gasteiger charge is 2.32. The molecule has 0 bridgehead atoms. The number of amides is 4. The second kappa shape index (κ2) is 12.4. The van der Waals surface area contributed by atoms with Crippen LogP contribution in [0.25, 0.3) is 0 Å². The zero-order valence-electron chi connectivity index (χ0n) is 17.7. The molecule has 1 aromatic rings. The number of imidazole rings is 1. The highest BCUT2D eigenvalue weighted by molar-refractivity contribution is 5.94. The number of carboxylic acid groups (broad SMARTS) is 1. The Hall–Kier alpha value is -3.52. The first-order chi connectivity index (χ1) is 14.9. The summed E-state index contributed by atoms with van der Waals surface area (Å²) in [5, 5.41) is 26.1. The molecule has 0 aliphatic rings. The number of aromatic nitrogens is 2. The van der Waals surface area contributed by atoms with E-state index < -0.39 is 59.9 Å². The standard InChI is InChI=1S/C18H29N7O7/c1-8(19)15(28)24-12(5-10-6-21-7-22-10)16(29)25-14(9(2)26)17(30)23-11(18(31)32)3-4-13(20)27/h6-9,11-12,14,26H,3-5,19H2,1-2H3,(H2,20,27)(H,21,22)(H,23,30)(H,24,28)(H,25,29)(H,31,32). The van der Waals surface area contributed by atoms with E-state index in [9.17, 15) is 34.2 Å². The van der Waals surface area contributed by atoms with Gasteiger partial charge in [-0.2, -0.15) is 0 Å². The topological polar surface area (TPSA) is 243 Å². The molecule has 0 aromatic carbocycles. The van der Waals surface area contributed by atoms with Crippen LogP contribution < -0.4 is 27.4 Å². The van der Waals surface area contributed by atoms with Crippen LogP contribution in [0.1, 0.15) is 32.4 Å². The lowest BCUT2D eigenvalue weighted by atomic mass is 10.1. The van der Waals surface area contributed by atoms with Crippen LogP contribution >= 0.6 is 0 Å². The number of aliphatic carboxylic acids is 1. The smallest absolute Gasteiger partial charge is 0.326 e. The zero-order chi connectivity index (χ0) is 24.4. The summed E-state index contributed by atoms with van der Waals surface area (Å²) in [5.74, 6) is -4.61.